The average molecular weight is 200 g/mol. The van der Waals surface area contributed by atoms with Crippen LogP contribution in [0.2, 0.25) is 0 Å². The van der Waals surface area contributed by atoms with Crippen molar-refractivity contribution in [2.75, 3.05) is 20.2 Å². The number of methoxy groups -OCH3 is 1. The minimum Gasteiger partial charge on any atom is -0.381 e. The lowest BCUT2D eigenvalue weighted by molar-refractivity contribution is -0.0959. The molecule has 0 saturated heterocycles. The third-order valence-electron chi connectivity index (χ3n) is 3.50. The van der Waals surface area contributed by atoms with E-state index in [0.29, 0.717) is 12.1 Å². The zero-order valence-corrected chi connectivity index (χ0v) is 9.92. The van der Waals surface area contributed by atoms with Crippen molar-refractivity contribution in [3.05, 3.63) is 0 Å². The van der Waals surface area contributed by atoms with Crippen molar-refractivity contribution >= 4 is 0 Å². The van der Waals surface area contributed by atoms with Crippen molar-refractivity contribution in [3.63, 3.8) is 0 Å². The fourth-order valence-electron chi connectivity index (χ4n) is 2.72. The number of likely N-dealkylation sites (N-methyl/N-ethyl adjacent to an activating group) is 1. The molecule has 0 aromatic carbocycles. The van der Waals surface area contributed by atoms with Crippen LogP contribution in [0.3, 0.4) is 0 Å². The second kappa shape index (κ2) is 4.60. The highest BCUT2D eigenvalue weighted by atomic mass is 16.5. The Balaban J connectivity index is 2.62. The molecular formula is C11H24N2O. The van der Waals surface area contributed by atoms with Crippen LogP contribution in [-0.2, 0) is 4.74 Å². The Morgan fingerprint density at radius 1 is 1.50 bits per heavy atom. The molecule has 1 rings (SSSR count). The summed E-state index contributed by atoms with van der Waals surface area (Å²) in [4.78, 5) is 2.50. The molecule has 14 heavy (non-hydrogen) atoms. The van der Waals surface area contributed by atoms with Crippen molar-refractivity contribution in [1.29, 1.82) is 0 Å². The number of ether oxygens (including phenoxy) is 1. The summed E-state index contributed by atoms with van der Waals surface area (Å²) in [7, 11) is 1.79. The summed E-state index contributed by atoms with van der Waals surface area (Å²) >= 11 is 0. The largest absolute Gasteiger partial charge is 0.381 e. The minimum atomic E-state index is 0.212. The Morgan fingerprint density at radius 3 is 2.36 bits per heavy atom. The average Bonchev–Trinajstić information content (AvgIpc) is 2.09. The van der Waals surface area contributed by atoms with Crippen LogP contribution >= 0.6 is 0 Å². The molecule has 0 radical (unpaired) electrons. The molecule has 0 amide bonds. The van der Waals surface area contributed by atoms with Gasteiger partial charge >= 0.3 is 0 Å². The van der Waals surface area contributed by atoms with Gasteiger partial charge in [-0.2, -0.15) is 0 Å². The van der Waals surface area contributed by atoms with Gasteiger partial charge in [-0.1, -0.05) is 6.92 Å². The van der Waals surface area contributed by atoms with Gasteiger partial charge in [0.05, 0.1) is 6.10 Å². The highest BCUT2D eigenvalue weighted by molar-refractivity contribution is 5.04. The molecule has 0 spiro atoms. The summed E-state index contributed by atoms with van der Waals surface area (Å²) < 4.78 is 5.34. The predicted molar refractivity (Wildman–Crippen MR) is 59.3 cm³/mol. The van der Waals surface area contributed by atoms with Crippen LogP contribution in [0.5, 0.6) is 0 Å². The molecule has 0 atom stereocenters. The number of nitrogens with two attached hydrogens (primary N) is 1. The molecule has 0 heterocycles. The molecule has 0 aliphatic heterocycles. The van der Waals surface area contributed by atoms with E-state index in [1.807, 2.05) is 0 Å². The van der Waals surface area contributed by atoms with Crippen molar-refractivity contribution in [1.82, 2.24) is 4.90 Å². The number of nitrogens with zero attached hydrogens (tertiary/aromatic N) is 1. The van der Waals surface area contributed by atoms with E-state index in [9.17, 15) is 0 Å². The molecule has 2 N–H and O–H groups in total. The molecule has 0 aromatic heterocycles. The van der Waals surface area contributed by atoms with E-state index in [0.717, 1.165) is 25.9 Å². The standard InChI is InChI=1S/C11H24N2O/c1-5-13(9(2)3)11(8-12)6-10(7-11)14-4/h9-10H,5-8,12H2,1-4H3. The van der Waals surface area contributed by atoms with Gasteiger partial charge in [0.2, 0.25) is 0 Å². The lowest BCUT2D eigenvalue weighted by Gasteiger charge is -2.54. The first-order valence-corrected chi connectivity index (χ1v) is 5.59. The fraction of sp³-hybridized carbons (Fsp3) is 1.00. The van der Waals surface area contributed by atoms with Crippen LogP contribution in [0.15, 0.2) is 0 Å². The van der Waals surface area contributed by atoms with Crippen molar-refractivity contribution in [2.45, 2.75) is 51.3 Å². The van der Waals surface area contributed by atoms with E-state index < -0.39 is 0 Å². The predicted octanol–water partition coefficient (Wildman–Crippen LogP) is 1.22. The maximum absolute atomic E-state index is 5.90. The monoisotopic (exact) mass is 200 g/mol. The highest BCUT2D eigenvalue weighted by Crippen LogP contribution is 2.39. The van der Waals surface area contributed by atoms with E-state index in [-0.39, 0.29) is 5.54 Å². The van der Waals surface area contributed by atoms with Gasteiger partial charge in [-0.25, -0.2) is 0 Å². The summed E-state index contributed by atoms with van der Waals surface area (Å²) in [5.74, 6) is 0. The number of hydrogen-bond acceptors (Lipinski definition) is 3. The summed E-state index contributed by atoms with van der Waals surface area (Å²) in [6, 6.07) is 0.571. The Hall–Kier alpha value is -0.120. The molecular weight excluding hydrogens is 176 g/mol. The third kappa shape index (κ3) is 1.95. The quantitative estimate of drug-likeness (QED) is 0.725. The maximum atomic E-state index is 5.90. The first-order valence-electron chi connectivity index (χ1n) is 5.59. The van der Waals surface area contributed by atoms with Gasteiger partial charge in [0.1, 0.15) is 0 Å². The molecule has 3 heteroatoms. The topological polar surface area (TPSA) is 38.5 Å². The summed E-state index contributed by atoms with van der Waals surface area (Å²) in [6.45, 7) is 8.50. The van der Waals surface area contributed by atoms with Gasteiger partial charge in [-0.15, -0.1) is 0 Å². The second-order valence-electron chi connectivity index (χ2n) is 4.57. The van der Waals surface area contributed by atoms with Crippen molar-refractivity contribution in [3.8, 4) is 0 Å². The van der Waals surface area contributed by atoms with E-state index in [2.05, 4.69) is 25.7 Å². The van der Waals surface area contributed by atoms with Gasteiger partial charge < -0.3 is 10.5 Å². The van der Waals surface area contributed by atoms with Crippen molar-refractivity contribution < 1.29 is 4.74 Å². The van der Waals surface area contributed by atoms with Gasteiger partial charge in [0, 0.05) is 25.2 Å². The van der Waals surface area contributed by atoms with Gasteiger partial charge in [-0.3, -0.25) is 4.90 Å². The van der Waals surface area contributed by atoms with Gasteiger partial charge in [0.15, 0.2) is 0 Å². The smallest absolute Gasteiger partial charge is 0.0607 e. The lowest BCUT2D eigenvalue weighted by atomic mass is 9.72. The zero-order valence-electron chi connectivity index (χ0n) is 9.92. The van der Waals surface area contributed by atoms with Crippen LogP contribution in [0.25, 0.3) is 0 Å². The van der Waals surface area contributed by atoms with E-state index in [4.69, 9.17) is 10.5 Å². The Kier molecular flexibility index (Phi) is 3.93. The number of rotatable bonds is 5. The van der Waals surface area contributed by atoms with E-state index in [1.54, 1.807) is 7.11 Å². The van der Waals surface area contributed by atoms with Crippen LogP contribution in [0.4, 0.5) is 0 Å². The molecule has 1 fully saturated rings. The molecule has 0 bridgehead atoms. The highest BCUT2D eigenvalue weighted by Gasteiger charge is 2.47. The van der Waals surface area contributed by atoms with E-state index in [1.165, 1.54) is 0 Å². The van der Waals surface area contributed by atoms with Crippen LogP contribution in [-0.4, -0.2) is 42.8 Å². The Labute approximate surface area is 87.6 Å². The SMILES string of the molecule is CCN(C(C)C)C1(CN)CC(OC)C1. The lowest BCUT2D eigenvalue weighted by Crippen LogP contribution is -2.65. The molecule has 1 aliphatic carbocycles. The normalized spacial score (nSPS) is 32.4. The third-order valence-corrected chi connectivity index (χ3v) is 3.50. The first kappa shape index (κ1) is 12.0. The molecule has 0 unspecified atom stereocenters. The summed E-state index contributed by atoms with van der Waals surface area (Å²) in [6.07, 6.45) is 2.60. The van der Waals surface area contributed by atoms with Gasteiger partial charge in [-0.05, 0) is 33.2 Å². The number of hydrogen-bond donors (Lipinski definition) is 1. The Bertz CT molecular complexity index is 176. The first-order chi connectivity index (χ1) is 6.59. The molecule has 84 valence electrons. The van der Waals surface area contributed by atoms with E-state index >= 15 is 0 Å². The zero-order chi connectivity index (χ0) is 10.8. The van der Waals surface area contributed by atoms with Gasteiger partial charge in [0.25, 0.3) is 0 Å². The Morgan fingerprint density at radius 2 is 2.07 bits per heavy atom. The second-order valence-corrected chi connectivity index (χ2v) is 4.57. The summed E-state index contributed by atoms with van der Waals surface area (Å²) in [5.41, 5.74) is 6.11. The van der Waals surface area contributed by atoms with Crippen molar-refractivity contribution in [2.24, 2.45) is 5.73 Å². The van der Waals surface area contributed by atoms with Crippen LogP contribution < -0.4 is 5.73 Å². The molecule has 0 aromatic rings. The molecule has 1 aliphatic rings. The molecule has 3 nitrogen and oxygen atoms in total. The fourth-order valence-corrected chi connectivity index (χ4v) is 2.72. The van der Waals surface area contributed by atoms with Crippen LogP contribution in [0.1, 0.15) is 33.6 Å². The van der Waals surface area contributed by atoms with Crippen LogP contribution in [0, 0.1) is 0 Å². The molecule has 1 saturated carbocycles. The maximum Gasteiger partial charge on any atom is 0.0607 e. The summed E-state index contributed by atoms with van der Waals surface area (Å²) in [5, 5.41) is 0. The minimum absolute atomic E-state index is 0.212.